The van der Waals surface area contributed by atoms with E-state index in [4.69, 9.17) is 5.73 Å². The first-order valence-electron chi connectivity index (χ1n) is 1.83. The van der Waals surface area contributed by atoms with E-state index in [1.54, 1.807) is 0 Å². The molecule has 0 unspecified atom stereocenters. The number of anilines is 1. The number of hydrogen-bond acceptors (Lipinski definition) is 5. The minimum Gasteiger partial charge on any atom is -0.366 e. The average Bonchev–Trinajstić information content (AvgIpc) is 2.14. The topological polar surface area (TPSA) is 86.2 Å². The van der Waals surface area contributed by atoms with E-state index < -0.39 is 0 Å². The van der Waals surface area contributed by atoms with Gasteiger partial charge in [-0.1, -0.05) is 0 Å². The highest BCUT2D eigenvalue weighted by Gasteiger charge is 1.93. The summed E-state index contributed by atoms with van der Waals surface area (Å²) < 4.78 is 0.833. The number of nitrogens with two attached hydrogens (primary N) is 1. The zero-order valence-electron chi connectivity index (χ0n) is 3.85. The average molecular weight is 113 g/mol. The first-order chi connectivity index (χ1) is 3.84. The summed E-state index contributed by atoms with van der Waals surface area (Å²) in [5.41, 5.74) is 5.05. The van der Waals surface area contributed by atoms with Gasteiger partial charge in [0, 0.05) is 0 Å². The fourth-order valence-electron chi connectivity index (χ4n) is 0.302. The summed E-state index contributed by atoms with van der Waals surface area (Å²) in [6.07, 6.45) is 1.13. The Labute approximate surface area is 44.3 Å². The Morgan fingerprint density at radius 3 is 2.88 bits per heavy atom. The van der Waals surface area contributed by atoms with Crippen LogP contribution in [0.2, 0.25) is 0 Å². The Kier molecular flexibility index (Phi) is 0.918. The molecule has 0 amide bonds. The maximum atomic E-state index is 9.64. The first kappa shape index (κ1) is 4.69. The second-order valence-electron chi connectivity index (χ2n) is 1.12. The number of rotatable bonds is 1. The summed E-state index contributed by atoms with van der Waals surface area (Å²) in [5, 5.41) is 9.02. The molecule has 1 heterocycles. The summed E-state index contributed by atoms with van der Waals surface area (Å²) in [4.78, 5) is 9.64. The van der Waals surface area contributed by atoms with Gasteiger partial charge in [-0.25, -0.2) is 0 Å². The van der Waals surface area contributed by atoms with Crippen LogP contribution in [0.5, 0.6) is 0 Å². The molecule has 8 heavy (non-hydrogen) atoms. The van der Waals surface area contributed by atoms with Gasteiger partial charge < -0.3 is 5.73 Å². The van der Waals surface area contributed by atoms with E-state index in [1.807, 2.05) is 0 Å². The number of hydrogen-bond donors (Lipinski definition) is 1. The van der Waals surface area contributed by atoms with Crippen LogP contribution in [-0.2, 0) is 0 Å². The molecule has 0 aliphatic carbocycles. The van der Waals surface area contributed by atoms with Crippen LogP contribution in [-0.4, -0.2) is 14.9 Å². The fraction of sp³-hybridized carbons (Fsp3) is 0. The van der Waals surface area contributed by atoms with Crippen molar-refractivity contribution in [1.29, 1.82) is 0 Å². The van der Waals surface area contributed by atoms with Crippen LogP contribution in [0.3, 0.4) is 0 Å². The SMILES string of the molecule is Nc1nncn1N=O. The zero-order valence-corrected chi connectivity index (χ0v) is 3.85. The predicted molar refractivity (Wildman–Crippen MR) is 25.6 cm³/mol. The molecule has 0 atom stereocenters. The van der Waals surface area contributed by atoms with Crippen LogP contribution >= 0.6 is 0 Å². The molecule has 0 aliphatic heterocycles. The normalized spacial score (nSPS) is 9.00. The van der Waals surface area contributed by atoms with Gasteiger partial charge in [-0.2, -0.15) is 0 Å². The van der Waals surface area contributed by atoms with Crippen LogP contribution < -0.4 is 5.73 Å². The molecule has 0 saturated heterocycles. The van der Waals surface area contributed by atoms with Crippen molar-refractivity contribution < 1.29 is 0 Å². The maximum absolute atomic E-state index is 9.64. The second-order valence-corrected chi connectivity index (χ2v) is 1.12. The van der Waals surface area contributed by atoms with Crippen molar-refractivity contribution in [3.63, 3.8) is 0 Å². The smallest absolute Gasteiger partial charge is 0.245 e. The predicted octanol–water partition coefficient (Wildman–Crippen LogP) is -0.610. The Balaban J connectivity index is 3.09. The molecule has 6 nitrogen and oxygen atoms in total. The molecule has 0 saturated carbocycles. The standard InChI is InChI=1S/C2H3N5O/c3-2-5-4-1-7(2)6-8/h1H,(H2,3,5). The maximum Gasteiger partial charge on any atom is 0.245 e. The molecular weight excluding hydrogens is 110 g/mol. The molecule has 0 aromatic carbocycles. The van der Waals surface area contributed by atoms with E-state index in [1.165, 1.54) is 0 Å². The lowest BCUT2D eigenvalue weighted by Gasteiger charge is -1.81. The van der Waals surface area contributed by atoms with Gasteiger partial charge in [0.15, 0.2) is 0 Å². The number of nitrogens with zero attached hydrogens (tertiary/aromatic N) is 4. The molecule has 1 aromatic heterocycles. The van der Waals surface area contributed by atoms with Crippen molar-refractivity contribution >= 4 is 5.95 Å². The monoisotopic (exact) mass is 113 g/mol. The highest BCUT2D eigenvalue weighted by atomic mass is 16.3. The zero-order chi connectivity index (χ0) is 5.98. The molecular formula is C2H3N5O. The van der Waals surface area contributed by atoms with E-state index in [0.29, 0.717) is 0 Å². The van der Waals surface area contributed by atoms with E-state index in [2.05, 4.69) is 15.5 Å². The molecule has 42 valence electrons. The molecule has 6 heteroatoms. The van der Waals surface area contributed by atoms with Crippen LogP contribution in [0.1, 0.15) is 0 Å². The van der Waals surface area contributed by atoms with Crippen molar-refractivity contribution in [2.75, 3.05) is 5.73 Å². The van der Waals surface area contributed by atoms with Gasteiger partial charge in [0.1, 0.15) is 6.33 Å². The van der Waals surface area contributed by atoms with E-state index >= 15 is 0 Å². The van der Waals surface area contributed by atoms with Crippen molar-refractivity contribution in [2.24, 2.45) is 5.29 Å². The van der Waals surface area contributed by atoms with E-state index in [0.717, 1.165) is 11.0 Å². The van der Waals surface area contributed by atoms with Crippen molar-refractivity contribution in [3.05, 3.63) is 11.2 Å². The Morgan fingerprint density at radius 1 is 1.88 bits per heavy atom. The van der Waals surface area contributed by atoms with Crippen LogP contribution in [0.4, 0.5) is 5.95 Å². The van der Waals surface area contributed by atoms with Gasteiger partial charge in [0.25, 0.3) is 0 Å². The lowest BCUT2D eigenvalue weighted by molar-refractivity contribution is 0.874. The molecule has 1 rings (SSSR count). The van der Waals surface area contributed by atoms with Gasteiger partial charge in [-0.3, -0.25) is 0 Å². The molecule has 0 bridgehead atoms. The van der Waals surface area contributed by atoms with Gasteiger partial charge in [-0.15, -0.1) is 19.8 Å². The summed E-state index contributed by atoms with van der Waals surface area (Å²) in [6.45, 7) is 0. The van der Waals surface area contributed by atoms with Crippen molar-refractivity contribution in [3.8, 4) is 0 Å². The van der Waals surface area contributed by atoms with Crippen LogP contribution in [0.25, 0.3) is 0 Å². The first-order valence-corrected chi connectivity index (χ1v) is 1.83. The highest BCUT2D eigenvalue weighted by Crippen LogP contribution is 1.91. The van der Waals surface area contributed by atoms with Crippen molar-refractivity contribution in [2.45, 2.75) is 0 Å². The summed E-state index contributed by atoms with van der Waals surface area (Å²) in [6, 6.07) is 0. The molecule has 1 aromatic rings. The van der Waals surface area contributed by atoms with E-state index in [9.17, 15) is 4.91 Å². The fourth-order valence-corrected chi connectivity index (χ4v) is 0.302. The molecule has 2 N–H and O–H groups in total. The lowest BCUT2D eigenvalue weighted by atomic mass is 11.1. The summed E-state index contributed by atoms with van der Waals surface area (Å²) in [7, 11) is 0. The lowest BCUT2D eigenvalue weighted by Crippen LogP contribution is -1.94. The minimum absolute atomic E-state index is 0.000000000000000444. The number of aromatic nitrogens is 3. The second kappa shape index (κ2) is 1.57. The third-order valence-electron chi connectivity index (χ3n) is 0.644. The number of nitrogen functional groups attached to an aromatic ring is 1. The third-order valence-corrected chi connectivity index (χ3v) is 0.644. The number of nitroso groups, excluding NO2 is 1. The quantitative estimate of drug-likeness (QED) is 0.492. The Hall–Kier alpha value is -1.46. The van der Waals surface area contributed by atoms with E-state index in [-0.39, 0.29) is 5.95 Å². The van der Waals surface area contributed by atoms with Crippen LogP contribution in [0, 0.1) is 4.91 Å². The summed E-state index contributed by atoms with van der Waals surface area (Å²) >= 11 is 0. The highest BCUT2D eigenvalue weighted by molar-refractivity contribution is 5.11. The van der Waals surface area contributed by atoms with Gasteiger partial charge in [0.2, 0.25) is 5.95 Å². The van der Waals surface area contributed by atoms with Crippen LogP contribution in [0.15, 0.2) is 11.6 Å². The Bertz CT molecular complexity index is 192. The van der Waals surface area contributed by atoms with Gasteiger partial charge in [0.05, 0.1) is 5.29 Å². The Morgan fingerprint density at radius 2 is 2.62 bits per heavy atom. The molecule has 0 aliphatic rings. The summed E-state index contributed by atoms with van der Waals surface area (Å²) in [5.74, 6) is 0.000000000000000444. The van der Waals surface area contributed by atoms with Gasteiger partial charge >= 0.3 is 0 Å². The minimum atomic E-state index is 0.000000000000000444. The van der Waals surface area contributed by atoms with Gasteiger partial charge in [-0.05, 0) is 0 Å². The van der Waals surface area contributed by atoms with Crippen molar-refractivity contribution in [1.82, 2.24) is 14.9 Å². The molecule has 0 spiro atoms. The molecule has 0 radical (unpaired) electrons. The molecule has 0 fully saturated rings. The largest absolute Gasteiger partial charge is 0.366 e. The third kappa shape index (κ3) is 0.512.